The number of aromatic nitrogens is 2. The van der Waals surface area contributed by atoms with Gasteiger partial charge < -0.3 is 26.4 Å². The molecule has 1 heterocycles. The third-order valence-corrected chi connectivity index (χ3v) is 5.79. The van der Waals surface area contributed by atoms with Gasteiger partial charge in [-0.3, -0.25) is 14.5 Å². The van der Waals surface area contributed by atoms with Crippen molar-refractivity contribution in [1.82, 2.24) is 20.2 Å². The van der Waals surface area contributed by atoms with Crippen molar-refractivity contribution in [3.63, 3.8) is 0 Å². The Morgan fingerprint density at radius 2 is 1.83 bits per heavy atom. The van der Waals surface area contributed by atoms with Crippen LogP contribution in [0.1, 0.15) is 49.4 Å². The summed E-state index contributed by atoms with van der Waals surface area (Å²) in [6, 6.07) is 6.85. The number of carbonyl (C=O) groups is 3. The summed E-state index contributed by atoms with van der Waals surface area (Å²) in [7, 11) is 3.27. The third kappa shape index (κ3) is 7.05. The van der Waals surface area contributed by atoms with Crippen LogP contribution in [0.5, 0.6) is 0 Å². The minimum Gasteiger partial charge on any atom is -0.465 e. The SMILES string of the molecule is CCc1nc(C(N)=O)c(Nc2cccc(CCNC(=O)[C@H](C)N(C)C(=O)O)c2)nc1N(C)C(C)C. The van der Waals surface area contributed by atoms with E-state index in [1.165, 1.54) is 14.0 Å². The fourth-order valence-electron chi connectivity index (χ4n) is 3.25. The van der Waals surface area contributed by atoms with E-state index in [2.05, 4.69) is 20.6 Å². The van der Waals surface area contributed by atoms with E-state index in [0.717, 1.165) is 10.5 Å². The van der Waals surface area contributed by atoms with Crippen molar-refractivity contribution < 1.29 is 19.5 Å². The van der Waals surface area contributed by atoms with Gasteiger partial charge in [0, 0.05) is 32.4 Å². The number of nitrogens with zero attached hydrogens (tertiary/aromatic N) is 4. The van der Waals surface area contributed by atoms with Gasteiger partial charge in [0.25, 0.3) is 5.91 Å². The fourth-order valence-corrected chi connectivity index (χ4v) is 3.25. The molecule has 0 fully saturated rings. The van der Waals surface area contributed by atoms with Crippen molar-refractivity contribution in [2.75, 3.05) is 30.9 Å². The summed E-state index contributed by atoms with van der Waals surface area (Å²) in [6.07, 6.45) is -0.0448. The molecule has 11 heteroatoms. The van der Waals surface area contributed by atoms with Crippen LogP contribution in [0.15, 0.2) is 24.3 Å². The number of rotatable bonds is 11. The maximum Gasteiger partial charge on any atom is 0.407 e. The molecule has 0 radical (unpaired) electrons. The number of benzene rings is 1. The average Bonchev–Trinajstić information content (AvgIpc) is 2.82. The van der Waals surface area contributed by atoms with E-state index >= 15 is 0 Å². The van der Waals surface area contributed by atoms with Gasteiger partial charge in [0.2, 0.25) is 5.91 Å². The summed E-state index contributed by atoms with van der Waals surface area (Å²) in [5, 5.41) is 14.9. The standard InChI is InChI=1S/C24H35N7O4/c1-7-18-22(30(5)14(2)3)29-21(19(28-18)20(25)32)27-17-10-8-9-16(13-17)11-12-26-23(33)15(4)31(6)24(34)35/h8-10,13-15H,7,11-12H2,1-6H3,(H2,25,32)(H,26,33)(H,27,29)(H,34,35)/t15-/m0/s1. The second-order valence-electron chi connectivity index (χ2n) is 8.55. The van der Waals surface area contributed by atoms with Crippen molar-refractivity contribution in [2.24, 2.45) is 5.73 Å². The first-order valence-electron chi connectivity index (χ1n) is 11.5. The monoisotopic (exact) mass is 485 g/mol. The van der Waals surface area contributed by atoms with Crippen LogP contribution >= 0.6 is 0 Å². The van der Waals surface area contributed by atoms with Gasteiger partial charge in [0.05, 0.1) is 5.69 Å². The van der Waals surface area contributed by atoms with Crippen LogP contribution in [-0.2, 0) is 17.6 Å². The minimum atomic E-state index is -1.17. The van der Waals surface area contributed by atoms with Crippen molar-refractivity contribution in [3.8, 4) is 0 Å². The highest BCUT2D eigenvalue weighted by Gasteiger charge is 2.22. The second-order valence-corrected chi connectivity index (χ2v) is 8.55. The third-order valence-electron chi connectivity index (χ3n) is 5.79. The van der Waals surface area contributed by atoms with Gasteiger partial charge in [0.15, 0.2) is 17.3 Å². The first-order chi connectivity index (χ1) is 16.5. The molecule has 1 atom stereocenters. The summed E-state index contributed by atoms with van der Waals surface area (Å²) in [4.78, 5) is 47.4. The summed E-state index contributed by atoms with van der Waals surface area (Å²) in [6.45, 7) is 7.89. The van der Waals surface area contributed by atoms with Gasteiger partial charge in [-0.25, -0.2) is 14.8 Å². The molecule has 190 valence electrons. The van der Waals surface area contributed by atoms with Crippen LogP contribution in [-0.4, -0.2) is 70.6 Å². The van der Waals surface area contributed by atoms with Crippen molar-refractivity contribution in [3.05, 3.63) is 41.2 Å². The molecule has 5 N–H and O–H groups in total. The molecule has 11 nitrogen and oxygen atoms in total. The summed E-state index contributed by atoms with van der Waals surface area (Å²) >= 11 is 0. The Bertz CT molecular complexity index is 1070. The van der Waals surface area contributed by atoms with E-state index in [9.17, 15) is 14.4 Å². The number of aryl methyl sites for hydroxylation is 1. The molecule has 0 spiro atoms. The molecule has 1 aromatic carbocycles. The van der Waals surface area contributed by atoms with Gasteiger partial charge in [-0.1, -0.05) is 19.1 Å². The number of primary amides is 1. The fraction of sp³-hybridized carbons (Fsp3) is 0.458. The average molecular weight is 486 g/mol. The number of hydrogen-bond donors (Lipinski definition) is 4. The Morgan fingerprint density at radius 1 is 1.14 bits per heavy atom. The molecule has 0 aliphatic rings. The quantitative estimate of drug-likeness (QED) is 0.378. The number of anilines is 3. The van der Waals surface area contributed by atoms with Crippen LogP contribution in [0.2, 0.25) is 0 Å². The van der Waals surface area contributed by atoms with Crippen LogP contribution in [0, 0.1) is 0 Å². The number of amides is 3. The Labute approximate surface area is 205 Å². The Morgan fingerprint density at radius 3 is 2.40 bits per heavy atom. The number of carbonyl (C=O) groups excluding carboxylic acids is 2. The predicted molar refractivity (Wildman–Crippen MR) is 135 cm³/mol. The molecule has 3 amide bonds. The van der Waals surface area contributed by atoms with Gasteiger partial charge >= 0.3 is 6.09 Å². The van der Waals surface area contributed by atoms with E-state index in [0.29, 0.717) is 36.6 Å². The molecule has 0 aliphatic heterocycles. The lowest BCUT2D eigenvalue weighted by molar-refractivity contribution is -0.124. The molecule has 35 heavy (non-hydrogen) atoms. The van der Waals surface area contributed by atoms with Crippen molar-refractivity contribution in [1.29, 1.82) is 0 Å². The first kappa shape index (κ1) is 27.4. The van der Waals surface area contributed by atoms with Crippen molar-refractivity contribution in [2.45, 2.75) is 52.6 Å². The van der Waals surface area contributed by atoms with E-state index < -0.39 is 18.0 Å². The highest BCUT2D eigenvalue weighted by Crippen LogP contribution is 2.25. The summed E-state index contributed by atoms with van der Waals surface area (Å²) in [5.41, 5.74) is 7.96. The van der Waals surface area contributed by atoms with Gasteiger partial charge in [-0.15, -0.1) is 0 Å². The van der Waals surface area contributed by atoms with Crippen LogP contribution in [0.4, 0.5) is 22.1 Å². The topological polar surface area (TPSA) is 154 Å². The zero-order valence-electron chi connectivity index (χ0n) is 21.1. The van der Waals surface area contributed by atoms with E-state index in [1.54, 1.807) is 0 Å². The lowest BCUT2D eigenvalue weighted by Crippen LogP contribution is -2.45. The van der Waals surface area contributed by atoms with Crippen LogP contribution < -0.4 is 21.3 Å². The molecular formula is C24H35N7O4. The van der Waals surface area contributed by atoms with E-state index in [1.807, 2.05) is 57.0 Å². The van der Waals surface area contributed by atoms with E-state index in [4.69, 9.17) is 10.8 Å². The molecule has 2 rings (SSSR count). The molecule has 0 aliphatic carbocycles. The number of hydrogen-bond acceptors (Lipinski definition) is 7. The maximum absolute atomic E-state index is 12.2. The van der Waals surface area contributed by atoms with Crippen LogP contribution in [0.3, 0.4) is 0 Å². The van der Waals surface area contributed by atoms with E-state index in [-0.39, 0.29) is 23.5 Å². The maximum atomic E-state index is 12.2. The van der Waals surface area contributed by atoms with Crippen molar-refractivity contribution >= 4 is 35.2 Å². The van der Waals surface area contributed by atoms with Gasteiger partial charge in [0.1, 0.15) is 6.04 Å². The van der Waals surface area contributed by atoms with Gasteiger partial charge in [-0.05, 0) is 51.3 Å². The smallest absolute Gasteiger partial charge is 0.407 e. The van der Waals surface area contributed by atoms with Crippen LogP contribution in [0.25, 0.3) is 0 Å². The molecule has 0 unspecified atom stereocenters. The summed E-state index contributed by atoms with van der Waals surface area (Å²) < 4.78 is 0. The van der Waals surface area contributed by atoms with Gasteiger partial charge in [-0.2, -0.15) is 0 Å². The lowest BCUT2D eigenvalue weighted by Gasteiger charge is -2.25. The normalized spacial score (nSPS) is 11.6. The molecule has 0 saturated carbocycles. The number of carboxylic acid groups (broad SMARTS) is 1. The Kier molecular flexibility index (Phi) is 9.38. The Balaban J connectivity index is 2.19. The zero-order chi connectivity index (χ0) is 26.3. The zero-order valence-corrected chi connectivity index (χ0v) is 21.1. The largest absolute Gasteiger partial charge is 0.465 e. The number of likely N-dealkylation sites (N-methyl/N-ethyl adjacent to an activating group) is 1. The number of nitrogens with two attached hydrogens (primary N) is 1. The number of nitrogens with one attached hydrogen (secondary N) is 2. The molecular weight excluding hydrogens is 450 g/mol. The molecule has 0 bridgehead atoms. The molecule has 1 aromatic heterocycles. The highest BCUT2D eigenvalue weighted by molar-refractivity contribution is 5.96. The lowest BCUT2D eigenvalue weighted by atomic mass is 10.1. The predicted octanol–water partition coefficient (Wildman–Crippen LogP) is 2.38. The minimum absolute atomic E-state index is 0.0666. The molecule has 0 saturated heterocycles. The Hall–Kier alpha value is -3.89. The first-order valence-corrected chi connectivity index (χ1v) is 11.5. The second kappa shape index (κ2) is 12.0. The highest BCUT2D eigenvalue weighted by atomic mass is 16.4. The molecule has 2 aromatic rings. The summed E-state index contributed by atoms with van der Waals surface area (Å²) in [5.74, 6) is -0.0985.